The molecule has 1 atom stereocenters. The SMILES string of the molecule is CCCCCN(C)C(=O)C(CC)CO. The summed E-state index contributed by atoms with van der Waals surface area (Å²) in [5.74, 6) is -0.132. The second kappa shape index (κ2) is 7.80. The Labute approximate surface area is 87.1 Å². The van der Waals surface area contributed by atoms with E-state index in [1.54, 1.807) is 4.90 Å². The summed E-state index contributed by atoms with van der Waals surface area (Å²) >= 11 is 0. The van der Waals surface area contributed by atoms with Crippen LogP contribution in [0.15, 0.2) is 0 Å². The maximum atomic E-state index is 11.7. The van der Waals surface area contributed by atoms with Crippen LogP contribution in [0.4, 0.5) is 0 Å². The first-order valence-corrected chi connectivity index (χ1v) is 5.53. The van der Waals surface area contributed by atoms with E-state index in [1.807, 2.05) is 14.0 Å². The largest absolute Gasteiger partial charge is 0.396 e. The first-order valence-electron chi connectivity index (χ1n) is 5.53. The molecule has 1 N–H and O–H groups in total. The number of aliphatic hydroxyl groups is 1. The maximum absolute atomic E-state index is 11.7. The van der Waals surface area contributed by atoms with Crippen LogP contribution in [-0.2, 0) is 4.79 Å². The van der Waals surface area contributed by atoms with E-state index in [0.717, 1.165) is 19.4 Å². The van der Waals surface area contributed by atoms with Gasteiger partial charge in [-0.2, -0.15) is 0 Å². The number of rotatable bonds is 7. The summed E-state index contributed by atoms with van der Waals surface area (Å²) in [5.41, 5.74) is 0. The number of carbonyl (C=O) groups is 1. The lowest BCUT2D eigenvalue weighted by Crippen LogP contribution is -2.35. The Balaban J connectivity index is 3.84. The predicted molar refractivity (Wildman–Crippen MR) is 58.0 cm³/mol. The quantitative estimate of drug-likeness (QED) is 0.636. The smallest absolute Gasteiger partial charge is 0.227 e. The van der Waals surface area contributed by atoms with E-state index in [0.29, 0.717) is 6.42 Å². The topological polar surface area (TPSA) is 40.5 Å². The van der Waals surface area contributed by atoms with Crippen molar-refractivity contribution in [1.29, 1.82) is 0 Å². The van der Waals surface area contributed by atoms with Gasteiger partial charge in [-0.3, -0.25) is 4.79 Å². The number of amides is 1. The van der Waals surface area contributed by atoms with Gasteiger partial charge in [0, 0.05) is 13.6 Å². The first-order chi connectivity index (χ1) is 6.67. The van der Waals surface area contributed by atoms with Crippen LogP contribution < -0.4 is 0 Å². The third kappa shape index (κ3) is 4.61. The van der Waals surface area contributed by atoms with Gasteiger partial charge in [0.05, 0.1) is 12.5 Å². The van der Waals surface area contributed by atoms with Crippen LogP contribution in [0.5, 0.6) is 0 Å². The summed E-state index contributed by atoms with van der Waals surface area (Å²) in [5, 5.41) is 8.97. The molecule has 14 heavy (non-hydrogen) atoms. The van der Waals surface area contributed by atoms with Crippen molar-refractivity contribution in [3.05, 3.63) is 0 Å². The molecule has 1 unspecified atom stereocenters. The van der Waals surface area contributed by atoms with Crippen LogP contribution >= 0.6 is 0 Å². The zero-order valence-electron chi connectivity index (χ0n) is 9.62. The highest BCUT2D eigenvalue weighted by atomic mass is 16.3. The van der Waals surface area contributed by atoms with Crippen molar-refractivity contribution in [2.24, 2.45) is 5.92 Å². The molecule has 0 aromatic carbocycles. The second-order valence-electron chi connectivity index (χ2n) is 3.75. The molecule has 0 aliphatic carbocycles. The average Bonchev–Trinajstić information content (AvgIpc) is 2.19. The fourth-order valence-electron chi connectivity index (χ4n) is 1.40. The highest BCUT2D eigenvalue weighted by Gasteiger charge is 2.18. The lowest BCUT2D eigenvalue weighted by atomic mass is 10.1. The predicted octanol–water partition coefficient (Wildman–Crippen LogP) is 1.65. The van der Waals surface area contributed by atoms with Crippen molar-refractivity contribution in [1.82, 2.24) is 4.90 Å². The Morgan fingerprint density at radius 1 is 1.36 bits per heavy atom. The molecule has 0 fully saturated rings. The summed E-state index contributed by atoms with van der Waals surface area (Å²) < 4.78 is 0. The monoisotopic (exact) mass is 201 g/mol. The number of nitrogens with zero attached hydrogens (tertiary/aromatic N) is 1. The molecule has 0 bridgehead atoms. The van der Waals surface area contributed by atoms with E-state index in [-0.39, 0.29) is 18.4 Å². The van der Waals surface area contributed by atoms with Gasteiger partial charge in [-0.25, -0.2) is 0 Å². The third-order valence-electron chi connectivity index (χ3n) is 2.54. The molecule has 84 valence electrons. The van der Waals surface area contributed by atoms with Gasteiger partial charge in [-0.15, -0.1) is 0 Å². The molecule has 0 saturated carbocycles. The Morgan fingerprint density at radius 3 is 2.43 bits per heavy atom. The van der Waals surface area contributed by atoms with Crippen LogP contribution in [0, 0.1) is 5.92 Å². The van der Waals surface area contributed by atoms with E-state index in [9.17, 15) is 4.79 Å². The summed E-state index contributed by atoms with van der Waals surface area (Å²) in [6.07, 6.45) is 4.10. The van der Waals surface area contributed by atoms with Crippen molar-refractivity contribution in [3.63, 3.8) is 0 Å². The van der Waals surface area contributed by atoms with Gasteiger partial charge >= 0.3 is 0 Å². The highest BCUT2D eigenvalue weighted by molar-refractivity contribution is 5.78. The third-order valence-corrected chi connectivity index (χ3v) is 2.54. The number of hydrogen-bond donors (Lipinski definition) is 1. The van der Waals surface area contributed by atoms with E-state index in [4.69, 9.17) is 5.11 Å². The maximum Gasteiger partial charge on any atom is 0.227 e. The summed E-state index contributed by atoms with van der Waals surface area (Å²) in [7, 11) is 1.82. The Hall–Kier alpha value is -0.570. The minimum Gasteiger partial charge on any atom is -0.396 e. The molecule has 0 radical (unpaired) electrons. The van der Waals surface area contributed by atoms with Crippen molar-refractivity contribution in [3.8, 4) is 0 Å². The zero-order chi connectivity index (χ0) is 11.0. The van der Waals surface area contributed by atoms with Crippen molar-refractivity contribution < 1.29 is 9.90 Å². The first kappa shape index (κ1) is 13.4. The molecular weight excluding hydrogens is 178 g/mol. The van der Waals surface area contributed by atoms with Gasteiger partial charge in [0.25, 0.3) is 0 Å². The Bertz CT molecular complexity index is 155. The zero-order valence-corrected chi connectivity index (χ0v) is 9.62. The molecule has 0 aliphatic heterocycles. The van der Waals surface area contributed by atoms with Crippen LogP contribution in [0.25, 0.3) is 0 Å². The fraction of sp³-hybridized carbons (Fsp3) is 0.909. The van der Waals surface area contributed by atoms with Gasteiger partial charge in [-0.1, -0.05) is 26.7 Å². The molecule has 0 saturated heterocycles. The van der Waals surface area contributed by atoms with Crippen molar-refractivity contribution in [2.45, 2.75) is 39.5 Å². The van der Waals surface area contributed by atoms with E-state index in [2.05, 4.69) is 6.92 Å². The summed E-state index contributed by atoms with van der Waals surface area (Å²) in [6.45, 7) is 4.85. The van der Waals surface area contributed by atoms with Crippen molar-refractivity contribution in [2.75, 3.05) is 20.2 Å². The minimum atomic E-state index is -0.207. The van der Waals surface area contributed by atoms with Gasteiger partial charge in [0.15, 0.2) is 0 Å². The van der Waals surface area contributed by atoms with E-state index >= 15 is 0 Å². The molecular formula is C11H23NO2. The Morgan fingerprint density at radius 2 is 2.00 bits per heavy atom. The second-order valence-corrected chi connectivity index (χ2v) is 3.75. The van der Waals surface area contributed by atoms with Crippen molar-refractivity contribution >= 4 is 5.91 Å². The number of unbranched alkanes of at least 4 members (excludes halogenated alkanes) is 2. The Kier molecular flexibility index (Phi) is 7.48. The average molecular weight is 201 g/mol. The lowest BCUT2D eigenvalue weighted by Gasteiger charge is -2.21. The van der Waals surface area contributed by atoms with Crippen LogP contribution in [0.1, 0.15) is 39.5 Å². The fourth-order valence-corrected chi connectivity index (χ4v) is 1.40. The molecule has 1 amide bonds. The lowest BCUT2D eigenvalue weighted by molar-refractivity contribution is -0.135. The van der Waals surface area contributed by atoms with Crippen LogP contribution in [0.3, 0.4) is 0 Å². The molecule has 0 aromatic heterocycles. The molecule has 0 rings (SSSR count). The van der Waals surface area contributed by atoms with E-state index < -0.39 is 0 Å². The van der Waals surface area contributed by atoms with Gasteiger partial charge in [-0.05, 0) is 12.8 Å². The minimum absolute atomic E-state index is 0.0343. The molecule has 0 heterocycles. The van der Waals surface area contributed by atoms with Crippen LogP contribution in [0.2, 0.25) is 0 Å². The number of hydrogen-bond acceptors (Lipinski definition) is 2. The van der Waals surface area contributed by atoms with Crippen LogP contribution in [-0.4, -0.2) is 36.1 Å². The normalized spacial score (nSPS) is 12.6. The molecule has 0 aliphatic rings. The van der Waals surface area contributed by atoms with Gasteiger partial charge < -0.3 is 10.0 Å². The molecule has 0 spiro atoms. The van der Waals surface area contributed by atoms with Gasteiger partial charge in [0.1, 0.15) is 0 Å². The number of aliphatic hydroxyl groups excluding tert-OH is 1. The standard InChI is InChI=1S/C11H23NO2/c1-4-6-7-8-12(3)11(14)10(5-2)9-13/h10,13H,4-9H2,1-3H3. The summed E-state index contributed by atoms with van der Waals surface area (Å²) in [6, 6.07) is 0. The van der Waals surface area contributed by atoms with Gasteiger partial charge in [0.2, 0.25) is 5.91 Å². The molecule has 3 heteroatoms. The highest BCUT2D eigenvalue weighted by Crippen LogP contribution is 2.07. The summed E-state index contributed by atoms with van der Waals surface area (Å²) in [4.78, 5) is 13.4. The molecule has 0 aromatic rings. The molecule has 3 nitrogen and oxygen atoms in total. The number of carbonyl (C=O) groups excluding carboxylic acids is 1. The van der Waals surface area contributed by atoms with E-state index in [1.165, 1.54) is 6.42 Å².